The molecule has 1 aliphatic rings. The molecule has 2 rings (SSSR count). The first-order valence-corrected chi connectivity index (χ1v) is 6.31. The Morgan fingerprint density at radius 1 is 1.31 bits per heavy atom. The molecular formula is C14H22N2. The van der Waals surface area contributed by atoms with Gasteiger partial charge in [-0.2, -0.15) is 0 Å². The van der Waals surface area contributed by atoms with E-state index < -0.39 is 0 Å². The molecule has 2 nitrogen and oxygen atoms in total. The van der Waals surface area contributed by atoms with Crippen molar-refractivity contribution in [1.82, 2.24) is 10.6 Å². The minimum Gasteiger partial charge on any atom is -0.316 e. The van der Waals surface area contributed by atoms with Crippen LogP contribution in [0.1, 0.15) is 24.0 Å². The van der Waals surface area contributed by atoms with Crippen molar-refractivity contribution in [2.75, 3.05) is 19.6 Å². The highest BCUT2D eigenvalue weighted by molar-refractivity contribution is 5.21. The summed E-state index contributed by atoms with van der Waals surface area (Å²) in [4.78, 5) is 0. The lowest BCUT2D eigenvalue weighted by molar-refractivity contribution is 0.360. The number of hydrogen-bond donors (Lipinski definition) is 2. The molecule has 1 aromatic carbocycles. The van der Waals surface area contributed by atoms with Crippen LogP contribution in [0.25, 0.3) is 0 Å². The van der Waals surface area contributed by atoms with Gasteiger partial charge in [-0.1, -0.05) is 29.8 Å². The maximum atomic E-state index is 3.55. The molecule has 2 N–H and O–H groups in total. The summed E-state index contributed by atoms with van der Waals surface area (Å²) in [7, 11) is 0. The van der Waals surface area contributed by atoms with Crippen LogP contribution < -0.4 is 10.6 Å². The van der Waals surface area contributed by atoms with E-state index in [-0.39, 0.29) is 0 Å². The molecule has 1 aliphatic heterocycles. The lowest BCUT2D eigenvalue weighted by Crippen LogP contribution is -2.35. The van der Waals surface area contributed by atoms with Crippen molar-refractivity contribution in [3.63, 3.8) is 0 Å². The molecule has 2 heteroatoms. The van der Waals surface area contributed by atoms with E-state index in [2.05, 4.69) is 41.8 Å². The fraction of sp³-hybridized carbons (Fsp3) is 0.571. The zero-order valence-electron chi connectivity index (χ0n) is 10.1. The molecule has 0 aromatic heterocycles. The summed E-state index contributed by atoms with van der Waals surface area (Å²) < 4.78 is 0. The van der Waals surface area contributed by atoms with Crippen LogP contribution in [0.4, 0.5) is 0 Å². The van der Waals surface area contributed by atoms with Gasteiger partial charge in [-0.3, -0.25) is 0 Å². The van der Waals surface area contributed by atoms with Crippen LogP contribution in [0, 0.1) is 12.8 Å². The Kier molecular flexibility index (Phi) is 4.37. The van der Waals surface area contributed by atoms with E-state index in [1.54, 1.807) is 0 Å². The minimum atomic E-state index is 0.819. The Labute approximate surface area is 98.4 Å². The summed E-state index contributed by atoms with van der Waals surface area (Å²) in [6.45, 7) is 6.65. The lowest BCUT2D eigenvalue weighted by atomic mass is 10.00. The number of hydrogen-bond acceptors (Lipinski definition) is 2. The molecule has 1 aromatic rings. The van der Waals surface area contributed by atoms with Crippen molar-refractivity contribution in [1.29, 1.82) is 0 Å². The summed E-state index contributed by atoms with van der Waals surface area (Å²) in [5.74, 6) is 0.819. The topological polar surface area (TPSA) is 24.1 Å². The molecule has 1 atom stereocenters. The van der Waals surface area contributed by atoms with E-state index in [0.29, 0.717) is 0 Å². The first kappa shape index (κ1) is 11.6. The Morgan fingerprint density at radius 2 is 2.12 bits per heavy atom. The number of nitrogens with one attached hydrogen (secondary N) is 2. The molecule has 1 fully saturated rings. The summed E-state index contributed by atoms with van der Waals surface area (Å²) in [6.07, 6.45) is 2.70. The van der Waals surface area contributed by atoms with Crippen molar-refractivity contribution in [2.24, 2.45) is 5.92 Å². The molecule has 0 spiro atoms. The van der Waals surface area contributed by atoms with Gasteiger partial charge in [0.15, 0.2) is 0 Å². The predicted octanol–water partition coefficient (Wildman–Crippen LogP) is 2.08. The Balaban J connectivity index is 1.69. The third-order valence-electron chi connectivity index (χ3n) is 3.28. The standard InChI is InChI=1S/C14H22N2/c1-12-4-6-13(7-5-12)9-16-11-14-3-2-8-15-10-14/h4-7,14-16H,2-3,8-11H2,1H3. The van der Waals surface area contributed by atoms with Gasteiger partial charge >= 0.3 is 0 Å². The molecule has 88 valence electrons. The molecule has 1 unspecified atom stereocenters. The molecule has 0 amide bonds. The number of rotatable bonds is 4. The first-order valence-electron chi connectivity index (χ1n) is 6.31. The van der Waals surface area contributed by atoms with Gasteiger partial charge in [-0.25, -0.2) is 0 Å². The highest BCUT2D eigenvalue weighted by Gasteiger charge is 2.11. The second kappa shape index (κ2) is 6.02. The van der Waals surface area contributed by atoms with Crippen LogP contribution in [0.5, 0.6) is 0 Å². The highest BCUT2D eigenvalue weighted by Crippen LogP contribution is 2.09. The van der Waals surface area contributed by atoms with Gasteiger partial charge in [0.2, 0.25) is 0 Å². The van der Waals surface area contributed by atoms with Crippen LogP contribution in [0.2, 0.25) is 0 Å². The summed E-state index contributed by atoms with van der Waals surface area (Å²) in [5.41, 5.74) is 2.72. The van der Waals surface area contributed by atoms with Crippen LogP contribution in [0.15, 0.2) is 24.3 Å². The molecule has 0 saturated carbocycles. The maximum absolute atomic E-state index is 3.55. The van der Waals surface area contributed by atoms with Crippen molar-refractivity contribution in [2.45, 2.75) is 26.3 Å². The van der Waals surface area contributed by atoms with E-state index >= 15 is 0 Å². The van der Waals surface area contributed by atoms with Gasteiger partial charge in [0, 0.05) is 6.54 Å². The van der Waals surface area contributed by atoms with Crippen molar-refractivity contribution in [3.8, 4) is 0 Å². The van der Waals surface area contributed by atoms with Gasteiger partial charge in [0.1, 0.15) is 0 Å². The quantitative estimate of drug-likeness (QED) is 0.808. The van der Waals surface area contributed by atoms with Gasteiger partial charge in [-0.05, 0) is 50.9 Å². The molecule has 1 saturated heterocycles. The average molecular weight is 218 g/mol. The average Bonchev–Trinajstić information content (AvgIpc) is 2.33. The third-order valence-corrected chi connectivity index (χ3v) is 3.28. The second-order valence-corrected chi connectivity index (χ2v) is 4.83. The monoisotopic (exact) mass is 218 g/mol. The SMILES string of the molecule is Cc1ccc(CNCC2CCCNC2)cc1. The Hall–Kier alpha value is -0.860. The molecular weight excluding hydrogens is 196 g/mol. The minimum absolute atomic E-state index is 0.819. The molecule has 0 bridgehead atoms. The van der Waals surface area contributed by atoms with E-state index in [4.69, 9.17) is 0 Å². The summed E-state index contributed by atoms with van der Waals surface area (Å²) in [6, 6.07) is 8.78. The van der Waals surface area contributed by atoms with Crippen LogP contribution in [-0.4, -0.2) is 19.6 Å². The van der Waals surface area contributed by atoms with Crippen molar-refractivity contribution >= 4 is 0 Å². The predicted molar refractivity (Wildman–Crippen MR) is 68.5 cm³/mol. The second-order valence-electron chi connectivity index (χ2n) is 4.83. The van der Waals surface area contributed by atoms with Gasteiger partial charge < -0.3 is 10.6 Å². The normalized spacial score (nSPS) is 20.9. The molecule has 0 aliphatic carbocycles. The van der Waals surface area contributed by atoms with E-state index in [0.717, 1.165) is 19.0 Å². The van der Waals surface area contributed by atoms with Crippen LogP contribution in [0.3, 0.4) is 0 Å². The smallest absolute Gasteiger partial charge is 0.0205 e. The first-order chi connectivity index (χ1) is 7.84. The van der Waals surface area contributed by atoms with E-state index in [1.165, 1.54) is 37.1 Å². The fourth-order valence-corrected chi connectivity index (χ4v) is 2.22. The fourth-order valence-electron chi connectivity index (χ4n) is 2.22. The Morgan fingerprint density at radius 3 is 2.81 bits per heavy atom. The summed E-state index contributed by atoms with van der Waals surface area (Å²) >= 11 is 0. The van der Waals surface area contributed by atoms with Gasteiger partial charge in [0.25, 0.3) is 0 Å². The zero-order valence-corrected chi connectivity index (χ0v) is 10.1. The van der Waals surface area contributed by atoms with E-state index in [9.17, 15) is 0 Å². The number of aryl methyl sites for hydroxylation is 1. The van der Waals surface area contributed by atoms with Crippen LogP contribution in [-0.2, 0) is 6.54 Å². The maximum Gasteiger partial charge on any atom is 0.0205 e. The summed E-state index contributed by atoms with van der Waals surface area (Å²) in [5, 5.41) is 7.00. The zero-order chi connectivity index (χ0) is 11.2. The van der Waals surface area contributed by atoms with E-state index in [1.807, 2.05) is 0 Å². The molecule has 16 heavy (non-hydrogen) atoms. The number of benzene rings is 1. The highest BCUT2D eigenvalue weighted by atomic mass is 14.9. The van der Waals surface area contributed by atoms with Gasteiger partial charge in [0.05, 0.1) is 0 Å². The lowest BCUT2D eigenvalue weighted by Gasteiger charge is -2.22. The van der Waals surface area contributed by atoms with Crippen molar-refractivity contribution in [3.05, 3.63) is 35.4 Å². The third kappa shape index (κ3) is 3.62. The molecule has 1 heterocycles. The molecule has 0 radical (unpaired) electrons. The number of piperidine rings is 1. The largest absolute Gasteiger partial charge is 0.316 e. The van der Waals surface area contributed by atoms with Crippen LogP contribution >= 0.6 is 0 Å². The Bertz CT molecular complexity index is 299. The van der Waals surface area contributed by atoms with Gasteiger partial charge in [-0.15, -0.1) is 0 Å². The van der Waals surface area contributed by atoms with Crippen molar-refractivity contribution < 1.29 is 0 Å².